The molecule has 0 unspecified atom stereocenters. The highest BCUT2D eigenvalue weighted by atomic mass is 19.1. The van der Waals surface area contributed by atoms with Crippen molar-refractivity contribution in [2.45, 2.75) is 25.4 Å². The van der Waals surface area contributed by atoms with Gasteiger partial charge in [-0.2, -0.15) is 0 Å². The van der Waals surface area contributed by atoms with E-state index in [1.165, 1.54) is 42.0 Å². The molecule has 32 heavy (non-hydrogen) atoms. The molecule has 3 aromatic rings. The number of ether oxygens (including phenoxy) is 1. The SMILES string of the molecule is COc1cccc(CN2CCC(N(C(=O)c3ccc(F)cc3)c3ccc(F)cc3)CC2)c1. The van der Waals surface area contributed by atoms with Crippen LogP contribution in [0, 0.1) is 11.6 Å². The molecule has 0 bridgehead atoms. The summed E-state index contributed by atoms with van der Waals surface area (Å²) < 4.78 is 32.2. The van der Waals surface area contributed by atoms with Crippen molar-refractivity contribution in [3.8, 4) is 5.75 Å². The molecule has 0 radical (unpaired) electrons. The monoisotopic (exact) mass is 436 g/mol. The van der Waals surface area contributed by atoms with Gasteiger partial charge in [-0.15, -0.1) is 0 Å². The number of methoxy groups -OCH3 is 1. The number of carbonyl (C=O) groups is 1. The van der Waals surface area contributed by atoms with Crippen molar-refractivity contribution in [1.29, 1.82) is 0 Å². The lowest BCUT2D eigenvalue weighted by Gasteiger charge is -2.38. The molecule has 0 saturated carbocycles. The van der Waals surface area contributed by atoms with E-state index in [1.807, 2.05) is 18.2 Å². The van der Waals surface area contributed by atoms with Crippen LogP contribution in [0.2, 0.25) is 0 Å². The minimum Gasteiger partial charge on any atom is -0.497 e. The summed E-state index contributed by atoms with van der Waals surface area (Å²) in [7, 11) is 1.66. The third kappa shape index (κ3) is 5.14. The van der Waals surface area contributed by atoms with E-state index >= 15 is 0 Å². The molecular formula is C26H26F2N2O2. The smallest absolute Gasteiger partial charge is 0.258 e. The quantitative estimate of drug-likeness (QED) is 0.527. The van der Waals surface area contributed by atoms with Crippen LogP contribution in [0.3, 0.4) is 0 Å². The van der Waals surface area contributed by atoms with Crippen LogP contribution in [0.4, 0.5) is 14.5 Å². The number of benzene rings is 3. The van der Waals surface area contributed by atoms with Crippen LogP contribution in [0.25, 0.3) is 0 Å². The number of halogens is 2. The fraction of sp³-hybridized carbons (Fsp3) is 0.269. The van der Waals surface area contributed by atoms with Crippen molar-refractivity contribution >= 4 is 11.6 Å². The summed E-state index contributed by atoms with van der Waals surface area (Å²) in [5.41, 5.74) is 2.24. The lowest BCUT2D eigenvalue weighted by molar-refractivity contribution is 0.0958. The fourth-order valence-electron chi connectivity index (χ4n) is 4.19. The molecule has 1 aliphatic rings. The van der Waals surface area contributed by atoms with Crippen LogP contribution < -0.4 is 9.64 Å². The first-order valence-electron chi connectivity index (χ1n) is 10.7. The van der Waals surface area contributed by atoms with E-state index in [4.69, 9.17) is 4.74 Å². The molecule has 166 valence electrons. The fourth-order valence-corrected chi connectivity index (χ4v) is 4.19. The van der Waals surface area contributed by atoms with Gasteiger partial charge in [-0.3, -0.25) is 9.69 Å². The Morgan fingerprint density at radius 3 is 2.22 bits per heavy atom. The van der Waals surface area contributed by atoms with Crippen molar-refractivity contribution < 1.29 is 18.3 Å². The number of carbonyl (C=O) groups excluding carboxylic acids is 1. The van der Waals surface area contributed by atoms with Crippen molar-refractivity contribution in [3.63, 3.8) is 0 Å². The van der Waals surface area contributed by atoms with Gasteiger partial charge in [-0.05, 0) is 79.1 Å². The summed E-state index contributed by atoms with van der Waals surface area (Å²) in [6.45, 7) is 2.47. The Bertz CT molecular complexity index is 1050. The van der Waals surface area contributed by atoms with Crippen molar-refractivity contribution in [2.24, 2.45) is 0 Å². The molecule has 6 heteroatoms. The third-order valence-electron chi connectivity index (χ3n) is 5.88. The molecule has 0 N–H and O–H groups in total. The first kappa shape index (κ1) is 22.0. The van der Waals surface area contributed by atoms with E-state index in [-0.39, 0.29) is 23.6 Å². The van der Waals surface area contributed by atoms with Crippen LogP contribution >= 0.6 is 0 Å². The second-order valence-corrected chi connectivity index (χ2v) is 8.02. The number of likely N-dealkylation sites (tertiary alicyclic amines) is 1. The lowest BCUT2D eigenvalue weighted by atomic mass is 10.00. The number of anilines is 1. The number of hydrogen-bond acceptors (Lipinski definition) is 3. The van der Waals surface area contributed by atoms with Crippen LogP contribution in [-0.2, 0) is 6.54 Å². The molecule has 0 atom stereocenters. The molecule has 1 heterocycles. The van der Waals surface area contributed by atoms with E-state index in [0.29, 0.717) is 11.3 Å². The maximum Gasteiger partial charge on any atom is 0.258 e. The largest absolute Gasteiger partial charge is 0.497 e. The van der Waals surface area contributed by atoms with Crippen LogP contribution in [0.5, 0.6) is 5.75 Å². The minimum absolute atomic E-state index is 0.0282. The molecule has 1 amide bonds. The Hall–Kier alpha value is -3.25. The highest BCUT2D eigenvalue weighted by Crippen LogP contribution is 2.27. The van der Waals surface area contributed by atoms with Gasteiger partial charge in [0.25, 0.3) is 5.91 Å². The summed E-state index contributed by atoms with van der Waals surface area (Å²) in [5.74, 6) is -0.107. The summed E-state index contributed by atoms with van der Waals surface area (Å²) in [5, 5.41) is 0. The van der Waals surface area contributed by atoms with Crippen molar-refractivity contribution in [2.75, 3.05) is 25.1 Å². The maximum absolute atomic E-state index is 13.5. The molecule has 1 fully saturated rings. The molecule has 1 saturated heterocycles. The van der Waals surface area contributed by atoms with Gasteiger partial charge in [0.05, 0.1) is 7.11 Å². The standard InChI is InChI=1S/C26H26F2N2O2/c1-32-25-4-2-3-19(17-25)18-29-15-13-24(14-16-29)30(23-11-9-22(28)10-12-23)26(31)20-5-7-21(27)8-6-20/h2-12,17,24H,13-16,18H2,1H3. The van der Waals surface area contributed by atoms with Crippen molar-refractivity contribution in [1.82, 2.24) is 4.90 Å². The predicted octanol–water partition coefficient (Wildman–Crippen LogP) is 5.28. The van der Waals surface area contributed by atoms with Crippen LogP contribution in [0.15, 0.2) is 72.8 Å². The molecule has 4 rings (SSSR count). The Balaban J connectivity index is 1.50. The third-order valence-corrected chi connectivity index (χ3v) is 5.88. The minimum atomic E-state index is -0.388. The Labute approximate surface area is 187 Å². The van der Waals surface area contributed by atoms with Gasteiger partial charge in [-0.1, -0.05) is 12.1 Å². The second-order valence-electron chi connectivity index (χ2n) is 8.02. The first-order chi connectivity index (χ1) is 15.5. The highest BCUT2D eigenvalue weighted by molar-refractivity contribution is 6.06. The molecule has 4 nitrogen and oxygen atoms in total. The average molecular weight is 437 g/mol. The summed E-state index contributed by atoms with van der Waals surface area (Å²) in [6, 6.07) is 19.5. The molecule has 0 aromatic heterocycles. The van der Waals surface area contributed by atoms with Gasteiger partial charge in [0.1, 0.15) is 17.4 Å². The van der Waals surface area contributed by atoms with E-state index in [1.54, 1.807) is 24.1 Å². The molecule has 1 aliphatic heterocycles. The zero-order valence-electron chi connectivity index (χ0n) is 18.0. The summed E-state index contributed by atoms with van der Waals surface area (Å²) in [4.78, 5) is 17.5. The summed E-state index contributed by atoms with van der Waals surface area (Å²) in [6.07, 6.45) is 1.57. The van der Waals surface area contributed by atoms with Gasteiger partial charge in [-0.25, -0.2) is 8.78 Å². The zero-order valence-corrected chi connectivity index (χ0v) is 18.0. The molecule has 3 aromatic carbocycles. The number of rotatable bonds is 6. The number of amides is 1. The normalized spacial score (nSPS) is 14.8. The number of nitrogens with zero attached hydrogens (tertiary/aromatic N) is 2. The van der Waals surface area contributed by atoms with Gasteiger partial charge >= 0.3 is 0 Å². The Morgan fingerprint density at radius 2 is 1.59 bits per heavy atom. The Kier molecular flexibility index (Phi) is 6.81. The first-order valence-corrected chi connectivity index (χ1v) is 10.7. The van der Waals surface area contributed by atoms with Gasteiger partial charge < -0.3 is 9.64 Å². The van der Waals surface area contributed by atoms with Gasteiger partial charge in [0, 0.05) is 36.9 Å². The van der Waals surface area contributed by atoms with E-state index in [9.17, 15) is 13.6 Å². The van der Waals surface area contributed by atoms with Gasteiger partial charge in [0.15, 0.2) is 0 Å². The lowest BCUT2D eigenvalue weighted by Crippen LogP contribution is -2.47. The van der Waals surface area contributed by atoms with E-state index < -0.39 is 0 Å². The highest BCUT2D eigenvalue weighted by Gasteiger charge is 2.30. The van der Waals surface area contributed by atoms with E-state index in [2.05, 4.69) is 11.0 Å². The topological polar surface area (TPSA) is 32.8 Å². The Morgan fingerprint density at radius 1 is 0.969 bits per heavy atom. The predicted molar refractivity (Wildman–Crippen MR) is 121 cm³/mol. The second kappa shape index (κ2) is 9.92. The molecule has 0 aliphatic carbocycles. The molecule has 0 spiro atoms. The van der Waals surface area contributed by atoms with Gasteiger partial charge in [0.2, 0.25) is 0 Å². The average Bonchev–Trinajstić information content (AvgIpc) is 2.82. The summed E-state index contributed by atoms with van der Waals surface area (Å²) >= 11 is 0. The number of hydrogen-bond donors (Lipinski definition) is 0. The van der Waals surface area contributed by atoms with Crippen LogP contribution in [-0.4, -0.2) is 37.0 Å². The van der Waals surface area contributed by atoms with E-state index in [0.717, 1.165) is 38.2 Å². The maximum atomic E-state index is 13.5. The zero-order chi connectivity index (χ0) is 22.5. The van der Waals surface area contributed by atoms with Crippen molar-refractivity contribution in [3.05, 3.63) is 95.6 Å². The number of piperidine rings is 1. The van der Waals surface area contributed by atoms with Crippen LogP contribution in [0.1, 0.15) is 28.8 Å². The molecular weight excluding hydrogens is 410 g/mol.